The molecule has 5 rings (SSSR count). The quantitative estimate of drug-likeness (QED) is 0.252. The van der Waals surface area contributed by atoms with Crippen LogP contribution >= 0.6 is 0 Å². The highest BCUT2D eigenvalue weighted by Gasteiger charge is 2.23. The van der Waals surface area contributed by atoms with E-state index >= 15 is 0 Å². The Morgan fingerprint density at radius 2 is 1.90 bits per heavy atom. The average Bonchev–Trinajstić information content (AvgIpc) is 2.92. The maximum Gasteiger partial charge on any atom is 0.232 e. The molecule has 9 nitrogen and oxygen atoms in total. The zero-order valence-corrected chi connectivity index (χ0v) is 22.9. The summed E-state index contributed by atoms with van der Waals surface area (Å²) in [7, 11) is -3.73. The van der Waals surface area contributed by atoms with Gasteiger partial charge in [0, 0.05) is 48.7 Å². The standard InChI is InChI=1S/C28H30F2N6O3S/c1-3-13-40(37,38)36-25-20-7-6-17(2)26(21(20)8-9-23(25)30)39-27-22(5-4-11-32-27)24-10-12-33-28(35-24)34-19-14-18(29)15-31-16-19/h4-12,18-19,31,36H,3,13-16H2,1-2H3,(H,33,34,35)/t18-,19-/m0/s1. The fraction of sp³-hybridized carbons (Fsp3) is 0.321. The first-order valence-corrected chi connectivity index (χ1v) is 14.7. The molecule has 2 atom stereocenters. The Kier molecular flexibility index (Phi) is 8.08. The molecule has 1 saturated heterocycles. The molecule has 0 saturated carbocycles. The van der Waals surface area contributed by atoms with E-state index in [1.807, 2.05) is 6.92 Å². The number of hydrogen-bond donors (Lipinski definition) is 3. The van der Waals surface area contributed by atoms with E-state index in [-0.39, 0.29) is 23.4 Å². The zero-order valence-electron chi connectivity index (χ0n) is 22.1. The van der Waals surface area contributed by atoms with Crippen LogP contribution in [0.25, 0.3) is 22.0 Å². The summed E-state index contributed by atoms with van der Waals surface area (Å²) < 4.78 is 62.3. The van der Waals surface area contributed by atoms with Crippen LogP contribution in [0, 0.1) is 12.7 Å². The molecule has 1 fully saturated rings. The second kappa shape index (κ2) is 11.7. The van der Waals surface area contributed by atoms with Crippen molar-refractivity contribution in [3.63, 3.8) is 0 Å². The van der Waals surface area contributed by atoms with Crippen LogP contribution in [0.3, 0.4) is 0 Å². The number of alkyl halides is 1. The van der Waals surface area contributed by atoms with Crippen LogP contribution in [0.2, 0.25) is 0 Å². The van der Waals surface area contributed by atoms with Crippen molar-refractivity contribution in [2.45, 2.75) is 38.9 Å². The van der Waals surface area contributed by atoms with Crippen LogP contribution in [0.15, 0.2) is 54.9 Å². The van der Waals surface area contributed by atoms with E-state index in [0.29, 0.717) is 59.7 Å². The number of anilines is 2. The molecule has 3 N–H and O–H groups in total. The van der Waals surface area contributed by atoms with E-state index in [4.69, 9.17) is 4.74 Å². The van der Waals surface area contributed by atoms with Crippen LogP contribution in [0.5, 0.6) is 11.6 Å². The zero-order chi connectivity index (χ0) is 28.3. The molecule has 0 aliphatic carbocycles. The van der Waals surface area contributed by atoms with Gasteiger partial charge in [-0.2, -0.15) is 0 Å². The lowest BCUT2D eigenvalue weighted by atomic mass is 10.0. The van der Waals surface area contributed by atoms with Crippen molar-refractivity contribution in [3.05, 3.63) is 66.2 Å². The number of nitrogens with one attached hydrogen (secondary N) is 3. The van der Waals surface area contributed by atoms with Gasteiger partial charge in [0.25, 0.3) is 0 Å². The number of aromatic nitrogens is 3. The summed E-state index contributed by atoms with van der Waals surface area (Å²) >= 11 is 0. The summed E-state index contributed by atoms with van der Waals surface area (Å²) in [5, 5.41) is 7.11. The number of hydrogen-bond acceptors (Lipinski definition) is 8. The molecule has 40 heavy (non-hydrogen) atoms. The van der Waals surface area contributed by atoms with Crippen LogP contribution in [0.1, 0.15) is 25.3 Å². The van der Waals surface area contributed by atoms with Gasteiger partial charge in [-0.1, -0.05) is 19.1 Å². The Labute approximate surface area is 231 Å². The molecule has 4 aromatic rings. The van der Waals surface area contributed by atoms with Crippen molar-refractivity contribution >= 4 is 32.4 Å². The number of halogens is 2. The highest BCUT2D eigenvalue weighted by molar-refractivity contribution is 7.92. The van der Waals surface area contributed by atoms with Gasteiger partial charge in [-0.05, 0) is 49.2 Å². The molecule has 3 heterocycles. The number of ether oxygens (including phenoxy) is 1. The number of sulfonamides is 1. The molecule has 0 bridgehead atoms. The van der Waals surface area contributed by atoms with Gasteiger partial charge < -0.3 is 15.4 Å². The third-order valence-electron chi connectivity index (χ3n) is 6.56. The van der Waals surface area contributed by atoms with Crippen molar-refractivity contribution in [3.8, 4) is 22.9 Å². The predicted molar refractivity (Wildman–Crippen MR) is 151 cm³/mol. The minimum Gasteiger partial charge on any atom is -0.437 e. The minimum atomic E-state index is -3.73. The Balaban J connectivity index is 1.50. The van der Waals surface area contributed by atoms with Crippen molar-refractivity contribution in [2.75, 3.05) is 28.9 Å². The first kappa shape index (κ1) is 27.7. The molecule has 0 radical (unpaired) electrons. The minimum absolute atomic E-state index is 0.128. The molecule has 2 aromatic carbocycles. The molecule has 0 amide bonds. The highest BCUT2D eigenvalue weighted by Crippen LogP contribution is 2.39. The normalized spacial score (nSPS) is 17.5. The molecule has 2 aromatic heterocycles. The molecular formula is C28H30F2N6O3S. The van der Waals surface area contributed by atoms with Crippen molar-refractivity contribution in [2.24, 2.45) is 0 Å². The lowest BCUT2D eigenvalue weighted by Gasteiger charge is -2.26. The van der Waals surface area contributed by atoms with Crippen molar-refractivity contribution in [1.29, 1.82) is 0 Å². The van der Waals surface area contributed by atoms with Crippen molar-refractivity contribution < 1.29 is 21.9 Å². The number of aryl methyl sites for hydroxylation is 1. The number of nitrogens with zero attached hydrogens (tertiary/aromatic N) is 3. The molecular weight excluding hydrogens is 538 g/mol. The summed E-state index contributed by atoms with van der Waals surface area (Å²) in [5.74, 6) is 0.200. The second-order valence-electron chi connectivity index (χ2n) is 9.71. The number of benzene rings is 2. The second-order valence-corrected chi connectivity index (χ2v) is 11.5. The lowest BCUT2D eigenvalue weighted by Crippen LogP contribution is -2.44. The summed E-state index contributed by atoms with van der Waals surface area (Å²) in [5.41, 5.74) is 1.74. The monoisotopic (exact) mass is 568 g/mol. The summed E-state index contributed by atoms with van der Waals surface area (Å²) in [6.07, 6.45) is 3.00. The maximum atomic E-state index is 14.8. The van der Waals surface area contributed by atoms with Crippen LogP contribution < -0.4 is 20.1 Å². The Morgan fingerprint density at radius 1 is 1.07 bits per heavy atom. The first-order chi connectivity index (χ1) is 19.2. The van der Waals surface area contributed by atoms with E-state index in [1.165, 1.54) is 6.07 Å². The van der Waals surface area contributed by atoms with Gasteiger partial charge in [0.2, 0.25) is 21.9 Å². The third kappa shape index (κ3) is 6.13. The molecule has 1 aliphatic rings. The largest absolute Gasteiger partial charge is 0.437 e. The topological polar surface area (TPSA) is 118 Å². The Bertz CT molecular complexity index is 1640. The van der Waals surface area contributed by atoms with Gasteiger partial charge in [-0.15, -0.1) is 0 Å². The number of piperidine rings is 1. The number of fused-ring (bicyclic) bond motifs is 1. The van der Waals surface area contributed by atoms with E-state index < -0.39 is 22.0 Å². The highest BCUT2D eigenvalue weighted by atomic mass is 32.2. The summed E-state index contributed by atoms with van der Waals surface area (Å²) in [4.78, 5) is 13.3. The third-order valence-corrected chi connectivity index (χ3v) is 8.02. The first-order valence-electron chi connectivity index (χ1n) is 13.0. The van der Waals surface area contributed by atoms with Gasteiger partial charge >= 0.3 is 0 Å². The summed E-state index contributed by atoms with van der Waals surface area (Å²) in [6.45, 7) is 4.51. The van der Waals surface area contributed by atoms with Gasteiger partial charge in [-0.25, -0.2) is 32.2 Å². The number of pyridine rings is 1. The van der Waals surface area contributed by atoms with E-state index in [2.05, 4.69) is 30.3 Å². The molecule has 210 valence electrons. The van der Waals surface area contributed by atoms with Crippen LogP contribution in [-0.4, -0.2) is 54.4 Å². The smallest absolute Gasteiger partial charge is 0.232 e. The predicted octanol–water partition coefficient (Wildman–Crippen LogP) is 5.20. The fourth-order valence-electron chi connectivity index (χ4n) is 4.70. The van der Waals surface area contributed by atoms with Crippen molar-refractivity contribution in [1.82, 2.24) is 20.3 Å². The number of rotatable bonds is 9. The maximum absolute atomic E-state index is 14.8. The van der Waals surface area contributed by atoms with E-state index in [0.717, 1.165) is 5.56 Å². The molecule has 1 aliphatic heterocycles. The lowest BCUT2D eigenvalue weighted by molar-refractivity contribution is 0.254. The van der Waals surface area contributed by atoms with Gasteiger partial charge in [0.15, 0.2) is 0 Å². The van der Waals surface area contributed by atoms with Gasteiger partial charge in [0.05, 0.1) is 22.7 Å². The SMILES string of the molecule is CCCS(=O)(=O)Nc1c(F)ccc2c(Oc3ncccc3-c3ccnc(N[C@@H]4CNC[C@@H](F)C4)n3)c(C)ccc12. The van der Waals surface area contributed by atoms with Gasteiger partial charge in [0.1, 0.15) is 17.7 Å². The van der Waals surface area contributed by atoms with Gasteiger partial charge in [-0.3, -0.25) is 4.72 Å². The Hall–Kier alpha value is -3.90. The summed E-state index contributed by atoms with van der Waals surface area (Å²) in [6, 6.07) is 11.3. The molecule has 0 unspecified atom stereocenters. The average molecular weight is 569 g/mol. The van der Waals surface area contributed by atoms with Crippen LogP contribution in [0.4, 0.5) is 20.4 Å². The van der Waals surface area contributed by atoms with E-state index in [1.54, 1.807) is 55.7 Å². The van der Waals surface area contributed by atoms with Crippen LogP contribution in [-0.2, 0) is 10.0 Å². The fourth-order valence-corrected chi connectivity index (χ4v) is 5.86. The Morgan fingerprint density at radius 3 is 2.70 bits per heavy atom. The molecule has 12 heteroatoms. The van der Waals surface area contributed by atoms with E-state index in [9.17, 15) is 17.2 Å². The molecule has 0 spiro atoms.